The normalized spacial score (nSPS) is 25.2. The van der Waals surface area contributed by atoms with Crippen molar-refractivity contribution in [1.82, 2.24) is 10.3 Å². The molecule has 1 aromatic rings. The van der Waals surface area contributed by atoms with Crippen LogP contribution < -0.4 is 5.32 Å². The number of aromatic nitrogens is 1. The molecule has 3 nitrogen and oxygen atoms in total. The molecular formula is C12H16BrClN2O. The van der Waals surface area contributed by atoms with Crippen LogP contribution in [0, 0.1) is 5.92 Å². The van der Waals surface area contributed by atoms with Crippen molar-refractivity contribution in [2.45, 2.75) is 26.0 Å². The summed E-state index contributed by atoms with van der Waals surface area (Å²) in [6.07, 6.45) is 0.0422. The minimum Gasteiger partial charge on any atom is -0.371 e. The predicted octanol–water partition coefficient (Wildman–Crippen LogP) is 3.18. The van der Waals surface area contributed by atoms with E-state index in [0.717, 1.165) is 23.3 Å². The summed E-state index contributed by atoms with van der Waals surface area (Å²) < 4.78 is 6.63. The van der Waals surface area contributed by atoms with Gasteiger partial charge in [0.25, 0.3) is 0 Å². The summed E-state index contributed by atoms with van der Waals surface area (Å²) in [4.78, 5) is 4.11. The van der Waals surface area contributed by atoms with Crippen LogP contribution in [0.1, 0.15) is 25.5 Å². The Bertz CT molecular complexity index is 380. The average Bonchev–Trinajstić information content (AvgIpc) is 2.27. The summed E-state index contributed by atoms with van der Waals surface area (Å²) in [5, 5.41) is 3.99. The van der Waals surface area contributed by atoms with Gasteiger partial charge in [-0.05, 0) is 39.5 Å². The van der Waals surface area contributed by atoms with Gasteiger partial charge in [0, 0.05) is 12.6 Å². The Morgan fingerprint density at radius 1 is 1.53 bits per heavy atom. The molecule has 1 saturated heterocycles. The number of nitrogens with one attached hydrogen (secondary N) is 1. The highest BCUT2D eigenvalue weighted by Crippen LogP contribution is 2.30. The number of hydrogen-bond acceptors (Lipinski definition) is 3. The maximum atomic E-state index is 5.98. The summed E-state index contributed by atoms with van der Waals surface area (Å²) >= 11 is 9.34. The van der Waals surface area contributed by atoms with Crippen molar-refractivity contribution in [3.05, 3.63) is 27.5 Å². The van der Waals surface area contributed by atoms with E-state index in [-0.39, 0.29) is 6.10 Å². The van der Waals surface area contributed by atoms with Crippen LogP contribution in [0.3, 0.4) is 0 Å². The van der Waals surface area contributed by atoms with Gasteiger partial charge >= 0.3 is 0 Å². The number of halogens is 2. The molecule has 2 atom stereocenters. The highest BCUT2D eigenvalue weighted by atomic mass is 79.9. The largest absolute Gasteiger partial charge is 0.371 e. The minimum atomic E-state index is 0.0422. The lowest BCUT2D eigenvalue weighted by Gasteiger charge is -2.35. The van der Waals surface area contributed by atoms with Crippen LogP contribution >= 0.6 is 27.5 Å². The lowest BCUT2D eigenvalue weighted by Crippen LogP contribution is -2.46. The first-order chi connectivity index (χ1) is 8.08. The van der Waals surface area contributed by atoms with Gasteiger partial charge < -0.3 is 10.1 Å². The van der Waals surface area contributed by atoms with Gasteiger partial charge in [0.15, 0.2) is 0 Å². The van der Waals surface area contributed by atoms with Gasteiger partial charge in [0.05, 0.1) is 12.7 Å². The second kappa shape index (κ2) is 5.65. The zero-order chi connectivity index (χ0) is 12.4. The number of hydrogen-bond donors (Lipinski definition) is 1. The van der Waals surface area contributed by atoms with Crippen LogP contribution in [0.15, 0.2) is 16.7 Å². The van der Waals surface area contributed by atoms with E-state index in [0.29, 0.717) is 17.1 Å². The highest BCUT2D eigenvalue weighted by Gasteiger charge is 2.29. The van der Waals surface area contributed by atoms with Gasteiger partial charge in [-0.3, -0.25) is 0 Å². The molecule has 17 heavy (non-hydrogen) atoms. The number of nitrogens with zero attached hydrogens (tertiary/aromatic N) is 1. The molecule has 1 aromatic heterocycles. The zero-order valence-electron chi connectivity index (χ0n) is 9.91. The Balaban J connectivity index is 2.29. The van der Waals surface area contributed by atoms with E-state index in [2.05, 4.69) is 40.1 Å². The first-order valence-electron chi connectivity index (χ1n) is 5.76. The molecule has 0 amide bonds. The Morgan fingerprint density at radius 2 is 2.29 bits per heavy atom. The van der Waals surface area contributed by atoms with Crippen molar-refractivity contribution in [1.29, 1.82) is 0 Å². The third-order valence-corrected chi connectivity index (χ3v) is 3.54. The maximum absolute atomic E-state index is 5.98. The van der Waals surface area contributed by atoms with Crippen LogP contribution in [0.2, 0.25) is 5.15 Å². The first-order valence-corrected chi connectivity index (χ1v) is 6.93. The topological polar surface area (TPSA) is 34.1 Å². The van der Waals surface area contributed by atoms with E-state index < -0.39 is 0 Å². The van der Waals surface area contributed by atoms with Crippen molar-refractivity contribution in [2.75, 3.05) is 13.2 Å². The summed E-state index contributed by atoms with van der Waals surface area (Å²) in [7, 11) is 0. The van der Waals surface area contributed by atoms with Gasteiger partial charge in [-0.1, -0.05) is 25.4 Å². The van der Waals surface area contributed by atoms with E-state index in [1.165, 1.54) is 0 Å². The third kappa shape index (κ3) is 3.19. The lowest BCUT2D eigenvalue weighted by atomic mass is 9.93. The molecular weight excluding hydrogens is 304 g/mol. The Hall–Kier alpha value is -0.160. The van der Waals surface area contributed by atoms with Crippen LogP contribution in [-0.4, -0.2) is 24.2 Å². The number of morpholine rings is 1. The second-order valence-corrected chi connectivity index (χ2v) is 5.76. The zero-order valence-corrected chi connectivity index (χ0v) is 12.3. The fourth-order valence-electron chi connectivity index (χ4n) is 2.16. The molecule has 1 fully saturated rings. The van der Waals surface area contributed by atoms with Crippen molar-refractivity contribution in [3.63, 3.8) is 0 Å². The highest BCUT2D eigenvalue weighted by molar-refractivity contribution is 9.10. The van der Waals surface area contributed by atoms with Gasteiger partial charge in [-0.15, -0.1) is 0 Å². The molecule has 1 aliphatic heterocycles. The Morgan fingerprint density at radius 3 is 2.94 bits per heavy atom. The molecule has 94 valence electrons. The van der Waals surface area contributed by atoms with Crippen molar-refractivity contribution < 1.29 is 4.74 Å². The number of pyridine rings is 1. The molecule has 0 unspecified atom stereocenters. The summed E-state index contributed by atoms with van der Waals surface area (Å²) in [6, 6.07) is 4.16. The van der Waals surface area contributed by atoms with Crippen molar-refractivity contribution in [2.24, 2.45) is 5.92 Å². The summed E-state index contributed by atoms with van der Waals surface area (Å²) in [5.41, 5.74) is 1.07. The fraction of sp³-hybridized carbons (Fsp3) is 0.583. The Kier molecular flexibility index (Phi) is 4.42. The van der Waals surface area contributed by atoms with Crippen LogP contribution in [0.25, 0.3) is 0 Å². The van der Waals surface area contributed by atoms with Gasteiger partial charge in [-0.2, -0.15) is 0 Å². The molecule has 0 aliphatic carbocycles. The van der Waals surface area contributed by atoms with Crippen LogP contribution in [0.5, 0.6) is 0 Å². The molecule has 0 spiro atoms. The molecule has 1 aliphatic rings. The molecule has 0 bridgehead atoms. The Labute approximate surface area is 115 Å². The number of rotatable bonds is 2. The van der Waals surface area contributed by atoms with Crippen LogP contribution in [0.4, 0.5) is 0 Å². The second-order valence-electron chi connectivity index (χ2n) is 4.56. The van der Waals surface area contributed by atoms with E-state index in [1.807, 2.05) is 12.1 Å². The van der Waals surface area contributed by atoms with E-state index >= 15 is 0 Å². The number of ether oxygens (including phenoxy) is 1. The van der Waals surface area contributed by atoms with Crippen LogP contribution in [-0.2, 0) is 4.74 Å². The monoisotopic (exact) mass is 318 g/mol. The molecule has 2 heterocycles. The molecule has 1 N–H and O–H groups in total. The standard InChI is InChI=1S/C12H16BrClN2O/c1-7(2)11-12(17-4-3-15-11)8-5-9(13)16-10(14)6-8/h5-7,11-12,15H,3-4H2,1-2H3/t11-,12+/m0/s1. The fourth-order valence-corrected chi connectivity index (χ4v) is 2.93. The first kappa shape index (κ1) is 13.3. The smallest absolute Gasteiger partial charge is 0.130 e. The van der Waals surface area contributed by atoms with Crippen molar-refractivity contribution in [3.8, 4) is 0 Å². The SMILES string of the molecule is CC(C)[C@@H]1NCCO[C@@H]1c1cc(Cl)nc(Br)c1. The summed E-state index contributed by atoms with van der Waals surface area (Å²) in [6.45, 7) is 6.01. The van der Waals surface area contributed by atoms with E-state index in [1.54, 1.807) is 0 Å². The maximum Gasteiger partial charge on any atom is 0.130 e. The molecule has 2 rings (SSSR count). The average molecular weight is 320 g/mol. The molecule has 5 heteroatoms. The van der Waals surface area contributed by atoms with Crippen molar-refractivity contribution >= 4 is 27.5 Å². The van der Waals surface area contributed by atoms with E-state index in [4.69, 9.17) is 16.3 Å². The van der Waals surface area contributed by atoms with E-state index in [9.17, 15) is 0 Å². The quantitative estimate of drug-likeness (QED) is 0.850. The summed E-state index contributed by atoms with van der Waals surface area (Å²) in [5.74, 6) is 0.506. The third-order valence-electron chi connectivity index (χ3n) is 2.94. The molecule has 0 aromatic carbocycles. The predicted molar refractivity (Wildman–Crippen MR) is 72.3 cm³/mol. The lowest BCUT2D eigenvalue weighted by molar-refractivity contribution is -0.0185. The van der Waals surface area contributed by atoms with Gasteiger partial charge in [0.2, 0.25) is 0 Å². The minimum absolute atomic E-state index is 0.0422. The molecule has 0 saturated carbocycles. The van der Waals surface area contributed by atoms with Gasteiger partial charge in [-0.25, -0.2) is 4.98 Å². The van der Waals surface area contributed by atoms with Gasteiger partial charge in [0.1, 0.15) is 9.76 Å². The molecule has 0 radical (unpaired) electrons.